The molecule has 0 unspecified atom stereocenters. The predicted molar refractivity (Wildman–Crippen MR) is 60.8 cm³/mol. The lowest BCUT2D eigenvalue weighted by molar-refractivity contribution is -0.116. The fourth-order valence-corrected chi connectivity index (χ4v) is 2.07. The Bertz CT molecular complexity index is 397. The number of benzene rings is 1. The van der Waals surface area contributed by atoms with Crippen LogP contribution in [0.3, 0.4) is 0 Å². The standard InChI is InChI=1S/C10H11FN2OS/c1-15-5-9-10(14)13-7-3-2-6(11)4-8(7)12-9/h2-4,9,12H,5H2,1H3,(H,13,14)/t9-/m0/s1. The van der Waals surface area contributed by atoms with E-state index >= 15 is 0 Å². The number of anilines is 2. The molecule has 0 spiro atoms. The molecule has 80 valence electrons. The summed E-state index contributed by atoms with van der Waals surface area (Å²) in [5.41, 5.74) is 1.28. The molecule has 2 rings (SSSR count). The van der Waals surface area contributed by atoms with Gasteiger partial charge in [0.15, 0.2) is 0 Å². The molecule has 2 N–H and O–H groups in total. The van der Waals surface area contributed by atoms with Gasteiger partial charge in [-0.3, -0.25) is 4.79 Å². The first kappa shape index (κ1) is 10.3. The highest BCUT2D eigenvalue weighted by atomic mass is 32.2. The van der Waals surface area contributed by atoms with Gasteiger partial charge in [0.1, 0.15) is 11.9 Å². The first-order chi connectivity index (χ1) is 7.20. The van der Waals surface area contributed by atoms with E-state index in [1.54, 1.807) is 17.8 Å². The molecule has 1 heterocycles. The van der Waals surface area contributed by atoms with Gasteiger partial charge in [0.25, 0.3) is 0 Å². The van der Waals surface area contributed by atoms with Gasteiger partial charge in [-0.2, -0.15) is 11.8 Å². The van der Waals surface area contributed by atoms with E-state index < -0.39 is 0 Å². The minimum Gasteiger partial charge on any atom is -0.371 e. The topological polar surface area (TPSA) is 41.1 Å². The van der Waals surface area contributed by atoms with Crippen molar-refractivity contribution in [1.82, 2.24) is 0 Å². The van der Waals surface area contributed by atoms with Crippen molar-refractivity contribution < 1.29 is 9.18 Å². The average molecular weight is 226 g/mol. The van der Waals surface area contributed by atoms with Crippen LogP contribution in [-0.4, -0.2) is 24.0 Å². The van der Waals surface area contributed by atoms with E-state index in [1.165, 1.54) is 12.1 Å². The number of halogens is 1. The van der Waals surface area contributed by atoms with Crippen molar-refractivity contribution in [3.8, 4) is 0 Å². The summed E-state index contributed by atoms with van der Waals surface area (Å²) in [5, 5.41) is 5.76. The van der Waals surface area contributed by atoms with Crippen LogP contribution in [0.1, 0.15) is 0 Å². The van der Waals surface area contributed by atoms with Crippen molar-refractivity contribution in [2.24, 2.45) is 0 Å². The second kappa shape index (κ2) is 4.10. The fraction of sp³-hybridized carbons (Fsp3) is 0.300. The molecule has 0 radical (unpaired) electrons. The van der Waals surface area contributed by atoms with Crippen LogP contribution in [0.5, 0.6) is 0 Å². The molecule has 0 bridgehead atoms. The van der Waals surface area contributed by atoms with E-state index in [1.807, 2.05) is 6.26 Å². The molecule has 1 aromatic rings. The summed E-state index contributed by atoms with van der Waals surface area (Å²) in [6, 6.07) is 4.00. The number of nitrogens with one attached hydrogen (secondary N) is 2. The zero-order chi connectivity index (χ0) is 10.8. The SMILES string of the molecule is CSC[C@@H]1Nc2cc(F)ccc2NC1=O. The van der Waals surface area contributed by atoms with Crippen LogP contribution in [0, 0.1) is 5.82 Å². The van der Waals surface area contributed by atoms with E-state index in [-0.39, 0.29) is 17.8 Å². The quantitative estimate of drug-likeness (QED) is 0.809. The fourth-order valence-electron chi connectivity index (χ4n) is 1.50. The molecule has 3 nitrogen and oxygen atoms in total. The Morgan fingerprint density at radius 2 is 2.27 bits per heavy atom. The minimum absolute atomic E-state index is 0.0662. The number of fused-ring (bicyclic) bond motifs is 1. The van der Waals surface area contributed by atoms with Crippen molar-refractivity contribution in [2.75, 3.05) is 22.6 Å². The van der Waals surface area contributed by atoms with Gasteiger partial charge in [0, 0.05) is 5.75 Å². The summed E-state index contributed by atoms with van der Waals surface area (Å²) in [4.78, 5) is 11.6. The normalized spacial score (nSPS) is 19.1. The monoisotopic (exact) mass is 226 g/mol. The highest BCUT2D eigenvalue weighted by molar-refractivity contribution is 7.98. The molecule has 5 heteroatoms. The number of hydrogen-bond acceptors (Lipinski definition) is 3. The summed E-state index contributed by atoms with van der Waals surface area (Å²) in [5.74, 6) is 0.297. The van der Waals surface area contributed by atoms with Crippen LogP contribution in [-0.2, 0) is 4.79 Å². The van der Waals surface area contributed by atoms with Crippen molar-refractivity contribution >= 4 is 29.0 Å². The lowest BCUT2D eigenvalue weighted by Gasteiger charge is -2.26. The number of hydrogen-bond donors (Lipinski definition) is 2. The van der Waals surface area contributed by atoms with Gasteiger partial charge in [-0.1, -0.05) is 0 Å². The third-order valence-electron chi connectivity index (χ3n) is 2.22. The Morgan fingerprint density at radius 3 is 3.00 bits per heavy atom. The number of carbonyl (C=O) groups is 1. The van der Waals surface area contributed by atoms with E-state index in [9.17, 15) is 9.18 Å². The number of amides is 1. The predicted octanol–water partition coefficient (Wildman–Crippen LogP) is 1.92. The number of carbonyl (C=O) groups excluding carboxylic acids is 1. The highest BCUT2D eigenvalue weighted by Crippen LogP contribution is 2.27. The van der Waals surface area contributed by atoms with Crippen LogP contribution in [0.4, 0.5) is 15.8 Å². The van der Waals surface area contributed by atoms with Gasteiger partial charge >= 0.3 is 0 Å². The molecule has 0 aromatic heterocycles. The van der Waals surface area contributed by atoms with Crippen LogP contribution in [0.15, 0.2) is 18.2 Å². The van der Waals surface area contributed by atoms with E-state index in [2.05, 4.69) is 10.6 Å². The van der Waals surface area contributed by atoms with E-state index in [0.29, 0.717) is 17.1 Å². The second-order valence-electron chi connectivity index (χ2n) is 3.33. The minimum atomic E-state index is -0.305. The lowest BCUT2D eigenvalue weighted by Crippen LogP contribution is -2.40. The maximum Gasteiger partial charge on any atom is 0.247 e. The molecule has 0 saturated carbocycles. The first-order valence-corrected chi connectivity index (χ1v) is 5.96. The van der Waals surface area contributed by atoms with Crippen molar-refractivity contribution in [2.45, 2.75) is 6.04 Å². The Morgan fingerprint density at radius 1 is 1.47 bits per heavy atom. The number of rotatable bonds is 2. The van der Waals surface area contributed by atoms with Gasteiger partial charge in [0.2, 0.25) is 5.91 Å². The molecule has 0 saturated heterocycles. The van der Waals surface area contributed by atoms with Crippen LogP contribution < -0.4 is 10.6 Å². The maximum atomic E-state index is 12.9. The van der Waals surface area contributed by atoms with E-state index in [0.717, 1.165) is 0 Å². The Balaban J connectivity index is 2.26. The maximum absolute atomic E-state index is 12.9. The van der Waals surface area contributed by atoms with E-state index in [4.69, 9.17) is 0 Å². The highest BCUT2D eigenvalue weighted by Gasteiger charge is 2.24. The smallest absolute Gasteiger partial charge is 0.247 e. The largest absolute Gasteiger partial charge is 0.371 e. The second-order valence-corrected chi connectivity index (χ2v) is 4.24. The first-order valence-electron chi connectivity index (χ1n) is 4.56. The molecular weight excluding hydrogens is 215 g/mol. The van der Waals surface area contributed by atoms with Gasteiger partial charge < -0.3 is 10.6 Å². The van der Waals surface area contributed by atoms with Gasteiger partial charge in [-0.25, -0.2) is 4.39 Å². The third-order valence-corrected chi connectivity index (χ3v) is 2.89. The molecule has 1 aromatic carbocycles. The molecular formula is C10H11FN2OS. The van der Waals surface area contributed by atoms with Crippen molar-refractivity contribution in [1.29, 1.82) is 0 Å². The molecule has 1 aliphatic rings. The van der Waals surface area contributed by atoms with Crippen LogP contribution >= 0.6 is 11.8 Å². The molecule has 15 heavy (non-hydrogen) atoms. The molecule has 1 amide bonds. The zero-order valence-electron chi connectivity index (χ0n) is 8.21. The summed E-state index contributed by atoms with van der Waals surface area (Å²) in [6.45, 7) is 0. The lowest BCUT2D eigenvalue weighted by atomic mass is 10.1. The summed E-state index contributed by atoms with van der Waals surface area (Å²) >= 11 is 1.57. The molecule has 1 aliphatic heterocycles. The van der Waals surface area contributed by atoms with Crippen LogP contribution in [0.2, 0.25) is 0 Å². The summed E-state index contributed by atoms with van der Waals surface area (Å²) < 4.78 is 12.9. The summed E-state index contributed by atoms with van der Waals surface area (Å²) in [6.07, 6.45) is 1.93. The molecule has 0 fully saturated rings. The Kier molecular flexibility index (Phi) is 2.81. The average Bonchev–Trinajstić information content (AvgIpc) is 2.20. The third kappa shape index (κ3) is 2.07. The number of thioether (sulfide) groups is 1. The Labute approximate surface area is 91.4 Å². The summed E-state index contributed by atoms with van der Waals surface area (Å²) in [7, 11) is 0. The zero-order valence-corrected chi connectivity index (χ0v) is 9.03. The van der Waals surface area contributed by atoms with Gasteiger partial charge in [-0.15, -0.1) is 0 Å². The van der Waals surface area contributed by atoms with Gasteiger partial charge in [-0.05, 0) is 24.5 Å². The molecule has 1 atom stereocenters. The van der Waals surface area contributed by atoms with Crippen LogP contribution in [0.25, 0.3) is 0 Å². The van der Waals surface area contributed by atoms with Gasteiger partial charge in [0.05, 0.1) is 11.4 Å². The van der Waals surface area contributed by atoms with Crippen molar-refractivity contribution in [3.63, 3.8) is 0 Å². The molecule has 0 aliphatic carbocycles. The Hall–Kier alpha value is -1.23. The van der Waals surface area contributed by atoms with Crippen molar-refractivity contribution in [3.05, 3.63) is 24.0 Å².